The van der Waals surface area contributed by atoms with Gasteiger partial charge in [0.2, 0.25) is 0 Å². The highest BCUT2D eigenvalue weighted by molar-refractivity contribution is 8.03. The number of aryl methyl sites for hydroxylation is 1. The fourth-order valence-electron chi connectivity index (χ4n) is 3.42. The number of ether oxygens (including phenoxy) is 1. The van der Waals surface area contributed by atoms with E-state index in [2.05, 4.69) is 71.8 Å². The third-order valence-corrected chi connectivity index (χ3v) is 6.95. The fraction of sp³-hybridized carbons (Fsp3) is 0.143. The van der Waals surface area contributed by atoms with Gasteiger partial charge in [-0.15, -0.1) is 10.2 Å². The van der Waals surface area contributed by atoms with Crippen molar-refractivity contribution < 1.29 is 38.0 Å². The van der Waals surface area contributed by atoms with Gasteiger partial charge < -0.3 is 9.64 Å². The van der Waals surface area contributed by atoms with E-state index >= 15 is 0 Å². The molecule has 0 N–H and O–H groups in total. The Kier molecular flexibility index (Phi) is 6.28. The number of rotatable bonds is 2. The number of nitrogens with zero attached hydrogens (tertiary/aromatic N) is 3. The molecule has 11 heteroatoms. The van der Waals surface area contributed by atoms with Crippen molar-refractivity contribution in [3.63, 3.8) is 0 Å². The van der Waals surface area contributed by atoms with E-state index in [1.807, 2.05) is 6.07 Å². The van der Waals surface area contributed by atoms with E-state index in [0.29, 0.717) is 0 Å². The van der Waals surface area contributed by atoms with Gasteiger partial charge in [-0.05, 0) is 47.5 Å². The van der Waals surface area contributed by atoms with E-state index in [4.69, 9.17) is 28.4 Å². The van der Waals surface area contributed by atoms with Gasteiger partial charge in [0.25, 0.3) is 0 Å². The Morgan fingerprint density at radius 3 is 2.50 bits per heavy atom. The van der Waals surface area contributed by atoms with Crippen LogP contribution in [0.1, 0.15) is 11.4 Å². The number of anilines is 1. The molecule has 166 valence electrons. The molecule has 2 aromatic heterocycles. The van der Waals surface area contributed by atoms with Crippen LogP contribution in [-0.2, 0) is 0 Å². The molecule has 0 aliphatic carbocycles. The first-order valence-electron chi connectivity index (χ1n) is 9.28. The molecule has 8 nitrogen and oxygen atoms in total. The summed E-state index contributed by atoms with van der Waals surface area (Å²) in [5, 5.41) is 1.19. The minimum absolute atomic E-state index is 0.872. The van der Waals surface area contributed by atoms with E-state index in [1.54, 1.807) is 30.2 Å². The van der Waals surface area contributed by atoms with E-state index in [9.17, 15) is 0 Å². The first kappa shape index (κ1) is 22.7. The maximum Gasteiger partial charge on any atom is 0.388 e. The lowest BCUT2D eigenvalue weighted by molar-refractivity contribution is -2.00. The number of hydrogen-bond acceptors (Lipinski definition) is 9. The normalized spacial score (nSPS) is 14.6. The number of thioether (sulfide) groups is 1. The average molecular weight is 492 g/mol. The van der Waals surface area contributed by atoms with Crippen molar-refractivity contribution in [3.05, 3.63) is 64.9 Å². The molecule has 1 aliphatic rings. The zero-order valence-corrected chi connectivity index (χ0v) is 19.7. The zero-order valence-electron chi connectivity index (χ0n) is 17.3. The van der Waals surface area contributed by atoms with Gasteiger partial charge in [0.1, 0.15) is 11.4 Å². The van der Waals surface area contributed by atoms with Crippen LogP contribution in [0, 0.1) is 17.2 Å². The first-order valence-corrected chi connectivity index (χ1v) is 12.1. The maximum atomic E-state index is 8.49. The Morgan fingerprint density at radius 1 is 1.09 bits per heavy atom. The van der Waals surface area contributed by atoms with Crippen LogP contribution in [-0.4, -0.2) is 19.1 Å². The van der Waals surface area contributed by atoms with Gasteiger partial charge >= 0.3 is 4.96 Å². The molecule has 1 aliphatic heterocycles. The molecule has 3 heterocycles. The Morgan fingerprint density at radius 2 is 1.81 bits per heavy atom. The van der Waals surface area contributed by atoms with Crippen LogP contribution < -0.4 is 32.7 Å². The lowest BCUT2D eigenvalue weighted by atomic mass is 10.3. The van der Waals surface area contributed by atoms with Crippen LogP contribution in [0.5, 0.6) is 5.75 Å². The smallest absolute Gasteiger partial charge is 0.388 e. The van der Waals surface area contributed by atoms with Crippen molar-refractivity contribution in [1.29, 1.82) is 0 Å². The van der Waals surface area contributed by atoms with Crippen LogP contribution in [0.15, 0.2) is 58.5 Å². The van der Waals surface area contributed by atoms with E-state index in [-0.39, 0.29) is 0 Å². The predicted molar refractivity (Wildman–Crippen MR) is 113 cm³/mol. The van der Waals surface area contributed by atoms with Gasteiger partial charge in [0.05, 0.1) is 22.5 Å². The number of benzene rings is 2. The lowest BCUT2D eigenvalue weighted by Crippen LogP contribution is -2.68. The molecule has 0 saturated carbocycles. The van der Waals surface area contributed by atoms with E-state index in [0.717, 1.165) is 16.4 Å². The molecule has 32 heavy (non-hydrogen) atoms. The predicted octanol–water partition coefficient (Wildman–Crippen LogP) is 0.137. The third-order valence-electron chi connectivity index (χ3n) is 4.78. The molecule has 0 atom stereocenters. The van der Waals surface area contributed by atoms with Crippen LogP contribution in [0.2, 0.25) is 0 Å². The Balaban J connectivity index is 0.000000444. The van der Waals surface area contributed by atoms with Gasteiger partial charge in [0.15, 0.2) is 11.2 Å². The van der Waals surface area contributed by atoms with Crippen LogP contribution >= 0.6 is 23.1 Å². The van der Waals surface area contributed by atoms with Crippen LogP contribution in [0.25, 0.3) is 21.3 Å². The molecule has 0 spiro atoms. The number of methoxy groups -OCH3 is 1. The summed E-state index contributed by atoms with van der Waals surface area (Å²) in [6.45, 7) is 2.13. The molecule has 4 aromatic rings. The minimum Gasteiger partial charge on any atom is -0.497 e. The van der Waals surface area contributed by atoms with E-state index in [1.165, 1.54) is 31.5 Å². The van der Waals surface area contributed by atoms with Gasteiger partial charge in [-0.1, -0.05) is 23.9 Å². The van der Waals surface area contributed by atoms with Crippen molar-refractivity contribution in [2.24, 2.45) is 0 Å². The molecule has 0 radical (unpaired) electrons. The molecule has 0 fully saturated rings. The summed E-state index contributed by atoms with van der Waals surface area (Å²) >= 11 is 3.48. The number of para-hydroxylation sites is 1. The summed E-state index contributed by atoms with van der Waals surface area (Å²) in [7, 11) is -1.14. The molecule has 0 bridgehead atoms. The van der Waals surface area contributed by atoms with Gasteiger partial charge in [0, 0.05) is 30.2 Å². The molecule has 2 aromatic carbocycles. The largest absolute Gasteiger partial charge is 0.497 e. The number of thiazole rings is 1. The molecule has 5 rings (SSSR count). The van der Waals surface area contributed by atoms with Crippen molar-refractivity contribution in [1.82, 2.24) is 4.98 Å². The Hall–Kier alpha value is -2.44. The van der Waals surface area contributed by atoms with Crippen molar-refractivity contribution >= 4 is 50.0 Å². The quantitative estimate of drug-likeness (QED) is 0.363. The first-order chi connectivity index (χ1) is 15.1. The molecule has 0 amide bonds. The second-order valence-electron chi connectivity index (χ2n) is 6.87. The standard InChI is InChI=1S/C21H18N3OS2.ClHO4/c1-13-10-14(11-20-23(2)16-6-4-5-7-18(16)26-20)22-21-24(13)17-9-8-15(25-3)12-19(17)27-21;2-1(3,4)5/h4-12H,1-3H3;(H,2,3,4,5)/q+1;/p-1. The average Bonchev–Trinajstić information content (AvgIpc) is 3.24. The zero-order chi connectivity index (χ0) is 23.0. The summed E-state index contributed by atoms with van der Waals surface area (Å²) in [6, 6.07) is 16.8. The topological polar surface area (TPSA) is 122 Å². The Labute approximate surface area is 194 Å². The van der Waals surface area contributed by atoms with Gasteiger partial charge in [-0.25, -0.2) is 18.6 Å². The number of aromatic nitrogens is 2. The lowest BCUT2D eigenvalue weighted by Gasteiger charge is -2.17. The fourth-order valence-corrected chi connectivity index (χ4v) is 5.63. The molecular formula is C21H18ClN3O5S2. The van der Waals surface area contributed by atoms with Crippen LogP contribution in [0.4, 0.5) is 5.69 Å². The van der Waals surface area contributed by atoms with E-state index < -0.39 is 10.2 Å². The number of fused-ring (bicyclic) bond motifs is 4. The number of halogens is 1. The summed E-state index contributed by atoms with van der Waals surface area (Å²) in [5.74, 6) is 0.872. The van der Waals surface area contributed by atoms with Crippen molar-refractivity contribution in [2.75, 3.05) is 19.1 Å². The maximum absolute atomic E-state index is 8.49. The molecule has 0 unspecified atom stereocenters. The van der Waals surface area contributed by atoms with Crippen molar-refractivity contribution in [3.8, 4) is 5.75 Å². The molecule has 0 saturated heterocycles. The highest BCUT2D eigenvalue weighted by Gasteiger charge is 2.23. The third kappa shape index (κ3) is 4.81. The summed E-state index contributed by atoms with van der Waals surface area (Å²) < 4.78 is 42.7. The second-order valence-corrected chi connectivity index (χ2v) is 9.69. The highest BCUT2D eigenvalue weighted by atomic mass is 35.7. The number of hydrogen-bond donors (Lipinski definition) is 0. The van der Waals surface area contributed by atoms with Gasteiger partial charge in [-0.2, -0.15) is 4.40 Å². The van der Waals surface area contributed by atoms with Crippen LogP contribution in [0.3, 0.4) is 0 Å². The summed E-state index contributed by atoms with van der Waals surface area (Å²) in [5.41, 5.74) is 4.56. The summed E-state index contributed by atoms with van der Waals surface area (Å²) in [6.07, 6.45) is 2.17. The SMILES string of the molecule is COc1ccc2c(c1)sc1nc(/C=C3\Sc4ccccc4N3C)cc(C)[n+]12.[O-][Cl+3]([O-])([O-])[O-]. The van der Waals surface area contributed by atoms with Gasteiger partial charge in [-0.3, -0.25) is 0 Å². The van der Waals surface area contributed by atoms with Crippen molar-refractivity contribution in [2.45, 2.75) is 11.8 Å². The Bertz CT molecular complexity index is 1330. The summed E-state index contributed by atoms with van der Waals surface area (Å²) in [4.78, 5) is 9.42. The monoisotopic (exact) mass is 491 g/mol. The molecular weight excluding hydrogens is 474 g/mol. The highest BCUT2D eigenvalue weighted by Crippen LogP contribution is 2.45. The minimum atomic E-state index is -4.94. The second kappa shape index (κ2) is 8.83.